The summed E-state index contributed by atoms with van der Waals surface area (Å²) in [5, 5.41) is 0. The molecule has 0 saturated heterocycles. The van der Waals surface area contributed by atoms with Gasteiger partial charge in [0.05, 0.1) is 17.1 Å². The fourth-order valence-electron chi connectivity index (χ4n) is 2.89. The summed E-state index contributed by atoms with van der Waals surface area (Å²) in [6.45, 7) is 3.07. The number of rotatable bonds is 6. The molecule has 0 atom stereocenters. The molecule has 0 N–H and O–H groups in total. The maximum atomic E-state index is 13.3. The van der Waals surface area contributed by atoms with Gasteiger partial charge in [-0.3, -0.25) is 9.10 Å². The summed E-state index contributed by atoms with van der Waals surface area (Å²) in [5.74, 6) is -0.228. The first-order valence-electron chi connectivity index (χ1n) is 8.63. The normalized spacial score (nSPS) is 11.2. The Morgan fingerprint density at radius 1 is 0.852 bits per heavy atom. The van der Waals surface area contributed by atoms with Gasteiger partial charge < -0.3 is 0 Å². The molecule has 0 unspecified atom stereocenters. The number of benzene rings is 3. The molecule has 0 amide bonds. The molecule has 3 aromatic rings. The molecule has 0 aliphatic heterocycles. The number of nitrogens with zero attached hydrogens (tertiary/aromatic N) is 1. The van der Waals surface area contributed by atoms with Gasteiger partial charge in [-0.05, 0) is 37.6 Å². The number of carbonyl (C=O) groups is 1. The van der Waals surface area contributed by atoms with Crippen LogP contribution >= 0.6 is 0 Å². The zero-order chi connectivity index (χ0) is 19.4. The van der Waals surface area contributed by atoms with Crippen LogP contribution in [0.2, 0.25) is 0 Å². The lowest BCUT2D eigenvalue weighted by Gasteiger charge is -2.26. The molecule has 0 radical (unpaired) electrons. The monoisotopic (exact) mass is 379 g/mol. The zero-order valence-electron chi connectivity index (χ0n) is 15.3. The van der Waals surface area contributed by atoms with E-state index in [4.69, 9.17) is 0 Å². The SMILES string of the molecule is CC(=O)CN(c1ccccc1-c1ccccc1)S(=O)(=O)c1ccc(C)cc1. The van der Waals surface area contributed by atoms with Crippen molar-refractivity contribution in [2.45, 2.75) is 18.7 Å². The number of sulfonamides is 1. The minimum absolute atomic E-state index is 0.164. The minimum atomic E-state index is -3.88. The molecule has 0 saturated carbocycles. The van der Waals surface area contributed by atoms with E-state index in [2.05, 4.69) is 0 Å². The minimum Gasteiger partial charge on any atom is -0.298 e. The molecule has 27 heavy (non-hydrogen) atoms. The van der Waals surface area contributed by atoms with Crippen LogP contribution in [0.4, 0.5) is 5.69 Å². The van der Waals surface area contributed by atoms with E-state index in [1.807, 2.05) is 49.4 Å². The van der Waals surface area contributed by atoms with E-state index in [0.29, 0.717) is 5.69 Å². The molecule has 0 aromatic heterocycles. The second kappa shape index (κ2) is 7.76. The van der Waals surface area contributed by atoms with Crippen LogP contribution in [-0.4, -0.2) is 20.7 Å². The second-order valence-corrected chi connectivity index (χ2v) is 8.27. The van der Waals surface area contributed by atoms with Crippen LogP contribution in [-0.2, 0) is 14.8 Å². The molecule has 0 spiro atoms. The number of hydrogen-bond donors (Lipinski definition) is 0. The van der Waals surface area contributed by atoms with Gasteiger partial charge in [0.1, 0.15) is 5.78 Å². The maximum Gasteiger partial charge on any atom is 0.264 e. The van der Waals surface area contributed by atoms with Crippen molar-refractivity contribution in [3.05, 3.63) is 84.4 Å². The summed E-state index contributed by atoms with van der Waals surface area (Å²) in [4.78, 5) is 12.1. The summed E-state index contributed by atoms with van der Waals surface area (Å²) in [6.07, 6.45) is 0. The summed E-state index contributed by atoms with van der Waals surface area (Å²) in [5.41, 5.74) is 3.10. The van der Waals surface area contributed by atoms with Crippen molar-refractivity contribution in [1.29, 1.82) is 0 Å². The van der Waals surface area contributed by atoms with Gasteiger partial charge in [0.25, 0.3) is 10.0 Å². The standard InChI is InChI=1S/C22H21NO3S/c1-17-12-14-20(15-13-17)27(25,26)23(16-18(2)24)22-11-7-6-10-21(22)19-8-4-3-5-9-19/h3-15H,16H2,1-2H3. The third-order valence-corrected chi connectivity index (χ3v) is 6.01. The second-order valence-electron chi connectivity index (χ2n) is 6.41. The highest BCUT2D eigenvalue weighted by Gasteiger charge is 2.28. The Morgan fingerprint density at radius 2 is 1.44 bits per heavy atom. The Balaban J connectivity index is 2.17. The number of carbonyl (C=O) groups excluding carboxylic acids is 1. The highest BCUT2D eigenvalue weighted by Crippen LogP contribution is 2.34. The summed E-state index contributed by atoms with van der Waals surface area (Å²) in [6, 6.07) is 23.4. The average Bonchev–Trinajstić information content (AvgIpc) is 2.67. The number of para-hydroxylation sites is 1. The van der Waals surface area contributed by atoms with Gasteiger partial charge in [-0.15, -0.1) is 0 Å². The Hall–Kier alpha value is -2.92. The van der Waals surface area contributed by atoms with Crippen molar-refractivity contribution >= 4 is 21.5 Å². The quantitative estimate of drug-likeness (QED) is 0.636. The van der Waals surface area contributed by atoms with Crippen LogP contribution in [0.15, 0.2) is 83.8 Å². The van der Waals surface area contributed by atoms with E-state index in [-0.39, 0.29) is 17.2 Å². The van der Waals surface area contributed by atoms with Crippen molar-refractivity contribution in [3.8, 4) is 11.1 Å². The van der Waals surface area contributed by atoms with Crippen molar-refractivity contribution in [3.63, 3.8) is 0 Å². The van der Waals surface area contributed by atoms with Crippen LogP contribution in [0, 0.1) is 6.92 Å². The molecule has 138 valence electrons. The van der Waals surface area contributed by atoms with E-state index < -0.39 is 10.0 Å². The van der Waals surface area contributed by atoms with Crippen LogP contribution < -0.4 is 4.31 Å². The molecule has 0 bridgehead atoms. The van der Waals surface area contributed by atoms with Crippen molar-refractivity contribution in [2.75, 3.05) is 10.8 Å². The van der Waals surface area contributed by atoms with Gasteiger partial charge >= 0.3 is 0 Å². The number of ketones is 1. The van der Waals surface area contributed by atoms with Crippen molar-refractivity contribution in [1.82, 2.24) is 0 Å². The zero-order valence-corrected chi connectivity index (χ0v) is 16.1. The molecule has 0 heterocycles. The molecule has 0 fully saturated rings. The number of hydrogen-bond acceptors (Lipinski definition) is 3. The fourth-order valence-corrected chi connectivity index (χ4v) is 4.40. The van der Waals surface area contributed by atoms with Crippen molar-refractivity contribution < 1.29 is 13.2 Å². The lowest BCUT2D eigenvalue weighted by atomic mass is 10.0. The van der Waals surface area contributed by atoms with E-state index in [9.17, 15) is 13.2 Å². The van der Waals surface area contributed by atoms with E-state index in [1.54, 1.807) is 36.4 Å². The maximum absolute atomic E-state index is 13.3. The average molecular weight is 379 g/mol. The third-order valence-electron chi connectivity index (χ3n) is 4.23. The predicted molar refractivity (Wildman–Crippen MR) is 108 cm³/mol. The van der Waals surface area contributed by atoms with Crippen LogP contribution in [0.25, 0.3) is 11.1 Å². The van der Waals surface area contributed by atoms with Gasteiger partial charge in [-0.1, -0.05) is 66.2 Å². The first-order valence-corrected chi connectivity index (χ1v) is 10.1. The van der Waals surface area contributed by atoms with Crippen LogP contribution in [0.3, 0.4) is 0 Å². The predicted octanol–water partition coefficient (Wildman–Crippen LogP) is 4.45. The molecule has 3 aromatic carbocycles. The number of anilines is 1. The van der Waals surface area contributed by atoms with Crippen LogP contribution in [0.1, 0.15) is 12.5 Å². The van der Waals surface area contributed by atoms with Gasteiger partial charge in [-0.2, -0.15) is 0 Å². The molecule has 5 heteroatoms. The first-order chi connectivity index (χ1) is 12.9. The van der Waals surface area contributed by atoms with Gasteiger partial charge in [0, 0.05) is 5.56 Å². The summed E-state index contributed by atoms with van der Waals surface area (Å²) >= 11 is 0. The summed E-state index contributed by atoms with van der Waals surface area (Å²) < 4.78 is 27.9. The summed E-state index contributed by atoms with van der Waals surface area (Å²) in [7, 11) is -3.88. The largest absolute Gasteiger partial charge is 0.298 e. The Labute approximate surface area is 160 Å². The Bertz CT molecular complexity index is 1040. The molecular formula is C22H21NO3S. The topological polar surface area (TPSA) is 54.5 Å². The molecule has 0 aliphatic carbocycles. The molecule has 4 nitrogen and oxygen atoms in total. The van der Waals surface area contributed by atoms with Gasteiger partial charge in [0.2, 0.25) is 0 Å². The molecule has 3 rings (SSSR count). The number of aryl methyl sites for hydroxylation is 1. The lowest BCUT2D eigenvalue weighted by Crippen LogP contribution is -2.35. The smallest absolute Gasteiger partial charge is 0.264 e. The number of Topliss-reactive ketones (excluding diaryl/α,β-unsaturated/α-hetero) is 1. The Morgan fingerprint density at radius 3 is 2.07 bits per heavy atom. The van der Waals surface area contributed by atoms with Crippen molar-refractivity contribution in [2.24, 2.45) is 0 Å². The highest BCUT2D eigenvalue weighted by molar-refractivity contribution is 7.92. The molecular weight excluding hydrogens is 358 g/mol. The van der Waals surface area contributed by atoms with Gasteiger partial charge in [-0.25, -0.2) is 8.42 Å². The van der Waals surface area contributed by atoms with Gasteiger partial charge in [0.15, 0.2) is 0 Å². The van der Waals surface area contributed by atoms with E-state index in [0.717, 1.165) is 16.7 Å². The molecule has 0 aliphatic rings. The van der Waals surface area contributed by atoms with E-state index >= 15 is 0 Å². The first kappa shape index (κ1) is 18.9. The third kappa shape index (κ3) is 4.09. The van der Waals surface area contributed by atoms with E-state index in [1.165, 1.54) is 11.2 Å². The highest BCUT2D eigenvalue weighted by atomic mass is 32.2. The Kier molecular flexibility index (Phi) is 5.42. The van der Waals surface area contributed by atoms with Crippen LogP contribution in [0.5, 0.6) is 0 Å². The fraction of sp³-hybridized carbons (Fsp3) is 0.136. The lowest BCUT2D eigenvalue weighted by molar-refractivity contribution is -0.115.